The monoisotopic (exact) mass is 385 g/mol. The summed E-state index contributed by atoms with van der Waals surface area (Å²) in [5.74, 6) is -1.53. The molecule has 1 aliphatic rings. The van der Waals surface area contributed by atoms with E-state index in [0.717, 1.165) is 12.1 Å². The van der Waals surface area contributed by atoms with Crippen molar-refractivity contribution in [1.82, 2.24) is 0 Å². The highest BCUT2D eigenvalue weighted by Gasteiger charge is 2.36. The van der Waals surface area contributed by atoms with Crippen LogP contribution in [0.5, 0.6) is 0 Å². The maximum Gasteiger partial charge on any atom is 0.311 e. The Morgan fingerprint density at radius 3 is 2.41 bits per heavy atom. The number of hydrogen-bond donors (Lipinski definition) is 0. The predicted octanol–water partition coefficient (Wildman–Crippen LogP) is 3.68. The molecule has 140 valence electrons. The lowest BCUT2D eigenvalue weighted by Crippen LogP contribution is -2.27. The van der Waals surface area contributed by atoms with Crippen LogP contribution in [0.3, 0.4) is 0 Å². The van der Waals surface area contributed by atoms with Crippen molar-refractivity contribution in [2.45, 2.75) is 19.8 Å². The van der Waals surface area contributed by atoms with Gasteiger partial charge in [0, 0.05) is 29.2 Å². The Kier molecular flexibility index (Phi) is 5.91. The average Bonchev–Trinajstić information content (AvgIpc) is 3.08. The van der Waals surface area contributed by atoms with Crippen molar-refractivity contribution in [2.24, 2.45) is 5.92 Å². The molecular formula is C21H20ClNO4. The molecule has 0 aliphatic carbocycles. The van der Waals surface area contributed by atoms with E-state index in [0.29, 0.717) is 10.6 Å². The predicted molar refractivity (Wildman–Crippen MR) is 103 cm³/mol. The number of Topliss-reactive ketones (excluding diaryl/α,β-unsaturated/α-hetero) is 1. The van der Waals surface area contributed by atoms with Gasteiger partial charge in [-0.05, 0) is 48.4 Å². The van der Waals surface area contributed by atoms with E-state index < -0.39 is 11.9 Å². The zero-order valence-corrected chi connectivity index (χ0v) is 15.7. The van der Waals surface area contributed by atoms with Crippen LogP contribution in [0.2, 0.25) is 5.02 Å². The van der Waals surface area contributed by atoms with Gasteiger partial charge in [-0.3, -0.25) is 14.4 Å². The summed E-state index contributed by atoms with van der Waals surface area (Å²) >= 11 is 5.79. The van der Waals surface area contributed by atoms with Crippen molar-refractivity contribution in [2.75, 3.05) is 18.1 Å². The van der Waals surface area contributed by atoms with Gasteiger partial charge in [0.2, 0.25) is 5.91 Å². The van der Waals surface area contributed by atoms with E-state index in [1.807, 2.05) is 24.3 Å². The molecule has 0 saturated carbocycles. The zero-order chi connectivity index (χ0) is 19.4. The first-order valence-corrected chi connectivity index (χ1v) is 9.20. The Hall–Kier alpha value is -2.66. The van der Waals surface area contributed by atoms with Crippen molar-refractivity contribution in [3.8, 4) is 0 Å². The number of nitrogens with zero attached hydrogens (tertiary/aromatic N) is 1. The van der Waals surface area contributed by atoms with Crippen LogP contribution in [0.15, 0.2) is 48.5 Å². The molecule has 3 rings (SSSR count). The molecule has 1 heterocycles. The first kappa shape index (κ1) is 19.1. The Balaban J connectivity index is 1.56. The summed E-state index contributed by atoms with van der Waals surface area (Å²) < 4.78 is 5.14. The molecule has 2 aromatic carbocycles. The Morgan fingerprint density at radius 2 is 1.78 bits per heavy atom. The summed E-state index contributed by atoms with van der Waals surface area (Å²) in [5.41, 5.74) is 2.37. The number of ether oxygens (including phenoxy) is 1. The molecule has 0 aromatic heterocycles. The van der Waals surface area contributed by atoms with Crippen molar-refractivity contribution in [3.63, 3.8) is 0 Å². The summed E-state index contributed by atoms with van der Waals surface area (Å²) in [6, 6.07) is 14.1. The lowest BCUT2D eigenvalue weighted by Gasteiger charge is -2.17. The number of carbonyl (C=O) groups excluding carboxylic acids is 3. The first-order chi connectivity index (χ1) is 13.0. The summed E-state index contributed by atoms with van der Waals surface area (Å²) in [4.78, 5) is 38.2. The second-order valence-corrected chi connectivity index (χ2v) is 6.90. The van der Waals surface area contributed by atoms with Gasteiger partial charge < -0.3 is 9.64 Å². The van der Waals surface area contributed by atoms with Gasteiger partial charge in [0.25, 0.3) is 0 Å². The van der Waals surface area contributed by atoms with Gasteiger partial charge in [-0.15, -0.1) is 0 Å². The van der Waals surface area contributed by atoms with Gasteiger partial charge >= 0.3 is 5.97 Å². The van der Waals surface area contributed by atoms with E-state index in [2.05, 4.69) is 6.92 Å². The fourth-order valence-corrected chi connectivity index (χ4v) is 3.13. The molecule has 1 fully saturated rings. The summed E-state index contributed by atoms with van der Waals surface area (Å²) in [6.45, 7) is 1.97. The second kappa shape index (κ2) is 8.35. The Morgan fingerprint density at radius 1 is 1.11 bits per heavy atom. The number of rotatable bonds is 6. The topological polar surface area (TPSA) is 63.7 Å². The van der Waals surface area contributed by atoms with E-state index in [4.69, 9.17) is 16.3 Å². The molecule has 1 amide bonds. The highest BCUT2D eigenvalue weighted by molar-refractivity contribution is 6.30. The van der Waals surface area contributed by atoms with Crippen molar-refractivity contribution < 1.29 is 19.1 Å². The largest absolute Gasteiger partial charge is 0.457 e. The van der Waals surface area contributed by atoms with Gasteiger partial charge in [-0.25, -0.2) is 0 Å². The summed E-state index contributed by atoms with van der Waals surface area (Å²) in [5, 5.41) is 0.528. The number of amides is 1. The van der Waals surface area contributed by atoms with E-state index in [9.17, 15) is 14.4 Å². The fourth-order valence-electron chi connectivity index (χ4n) is 3.00. The van der Waals surface area contributed by atoms with E-state index in [1.165, 1.54) is 5.56 Å². The van der Waals surface area contributed by atoms with Gasteiger partial charge in [-0.1, -0.05) is 30.7 Å². The third kappa shape index (κ3) is 4.55. The Labute approximate surface area is 162 Å². The third-order valence-electron chi connectivity index (χ3n) is 4.63. The molecule has 5 nitrogen and oxygen atoms in total. The highest BCUT2D eigenvalue weighted by Crippen LogP contribution is 2.26. The van der Waals surface area contributed by atoms with Crippen molar-refractivity contribution >= 4 is 34.9 Å². The van der Waals surface area contributed by atoms with Crippen LogP contribution in [0.1, 0.15) is 29.3 Å². The maximum absolute atomic E-state index is 12.3. The molecule has 1 unspecified atom stereocenters. The number of aryl methyl sites for hydroxylation is 1. The lowest BCUT2D eigenvalue weighted by atomic mass is 10.1. The average molecular weight is 386 g/mol. The molecule has 27 heavy (non-hydrogen) atoms. The van der Waals surface area contributed by atoms with Crippen LogP contribution >= 0.6 is 11.6 Å². The highest BCUT2D eigenvalue weighted by atomic mass is 35.5. The second-order valence-electron chi connectivity index (χ2n) is 6.46. The van der Waals surface area contributed by atoms with Gasteiger partial charge in [0.05, 0.1) is 5.92 Å². The quantitative estimate of drug-likeness (QED) is 0.562. The molecule has 1 aliphatic heterocycles. The minimum Gasteiger partial charge on any atom is -0.457 e. The number of carbonyl (C=O) groups is 3. The SMILES string of the molecule is CCc1ccc(N2CC(C(=O)OCC(=O)c3ccc(Cl)cc3)CC2=O)cc1. The van der Waals surface area contributed by atoms with E-state index in [1.54, 1.807) is 29.2 Å². The van der Waals surface area contributed by atoms with Crippen molar-refractivity contribution in [3.05, 3.63) is 64.7 Å². The number of anilines is 1. The normalized spacial score (nSPS) is 16.4. The maximum atomic E-state index is 12.3. The molecule has 0 N–H and O–H groups in total. The molecular weight excluding hydrogens is 366 g/mol. The lowest BCUT2D eigenvalue weighted by molar-refractivity contribution is -0.147. The molecule has 6 heteroatoms. The molecule has 0 spiro atoms. The van der Waals surface area contributed by atoms with Gasteiger partial charge in [0.15, 0.2) is 12.4 Å². The molecule has 1 atom stereocenters. The van der Waals surface area contributed by atoms with E-state index >= 15 is 0 Å². The molecule has 0 radical (unpaired) electrons. The minimum absolute atomic E-state index is 0.0868. The van der Waals surface area contributed by atoms with Crippen molar-refractivity contribution in [1.29, 1.82) is 0 Å². The van der Waals surface area contributed by atoms with Crippen LogP contribution in [-0.2, 0) is 20.7 Å². The first-order valence-electron chi connectivity index (χ1n) is 8.82. The van der Waals surface area contributed by atoms with Crippen LogP contribution in [0.4, 0.5) is 5.69 Å². The van der Waals surface area contributed by atoms with Crippen LogP contribution < -0.4 is 4.90 Å². The summed E-state index contributed by atoms with van der Waals surface area (Å²) in [7, 11) is 0. The molecule has 1 saturated heterocycles. The number of esters is 1. The molecule has 0 bridgehead atoms. The number of halogens is 1. The smallest absolute Gasteiger partial charge is 0.311 e. The fraction of sp³-hybridized carbons (Fsp3) is 0.286. The van der Waals surface area contributed by atoms with Crippen LogP contribution in [-0.4, -0.2) is 30.8 Å². The third-order valence-corrected chi connectivity index (χ3v) is 4.88. The van der Waals surface area contributed by atoms with E-state index in [-0.39, 0.29) is 31.3 Å². The minimum atomic E-state index is -0.568. The summed E-state index contributed by atoms with van der Waals surface area (Å²) in [6.07, 6.45) is 1.01. The van der Waals surface area contributed by atoms with Crippen LogP contribution in [0.25, 0.3) is 0 Å². The number of benzene rings is 2. The number of ketones is 1. The van der Waals surface area contributed by atoms with Crippen LogP contribution in [0, 0.1) is 5.92 Å². The van der Waals surface area contributed by atoms with Gasteiger partial charge in [0.1, 0.15) is 0 Å². The number of hydrogen-bond acceptors (Lipinski definition) is 4. The Bertz CT molecular complexity index is 845. The zero-order valence-electron chi connectivity index (χ0n) is 15.0. The molecule has 2 aromatic rings. The standard InChI is InChI=1S/C21H20ClNO4/c1-2-14-3-9-18(10-4-14)23-12-16(11-20(23)25)21(26)27-13-19(24)15-5-7-17(22)8-6-15/h3-10,16H,2,11-13H2,1H3. The van der Waals surface area contributed by atoms with Gasteiger partial charge in [-0.2, -0.15) is 0 Å².